The smallest absolute Gasteiger partial charge is 0.173 e. The summed E-state index contributed by atoms with van der Waals surface area (Å²) < 4.78 is 0.745. The summed E-state index contributed by atoms with van der Waals surface area (Å²) in [6, 6.07) is 7.15. The molecule has 1 aromatic carbocycles. The lowest BCUT2D eigenvalue weighted by Crippen LogP contribution is -2.10. The molecule has 2 aliphatic carbocycles. The molecular formula is C15H15BrO2. The number of hydrogen-bond acceptors (Lipinski definition) is 2. The summed E-state index contributed by atoms with van der Waals surface area (Å²) >= 11 is 3.47. The third-order valence-corrected chi connectivity index (χ3v) is 4.95. The van der Waals surface area contributed by atoms with E-state index in [1.807, 2.05) is 12.1 Å². The maximum Gasteiger partial charge on any atom is 0.173 e. The summed E-state index contributed by atoms with van der Waals surface area (Å²) in [4.78, 5) is 12.2. The Kier molecular flexibility index (Phi) is 2.81. The van der Waals surface area contributed by atoms with Gasteiger partial charge < -0.3 is 5.11 Å². The Balaban J connectivity index is 2.04. The standard InChI is InChI=1S/C15H15BrO2/c1-8-6-11-12(7-8)15(18)14(16)13(11)9-2-4-10(17)5-3-9/h2-5,8,11-12,17H,6-7H2,1H3. The highest BCUT2D eigenvalue weighted by molar-refractivity contribution is 9.12. The van der Waals surface area contributed by atoms with E-state index in [-0.39, 0.29) is 17.5 Å². The molecule has 0 saturated heterocycles. The molecule has 3 unspecified atom stereocenters. The monoisotopic (exact) mass is 306 g/mol. The van der Waals surface area contributed by atoms with Gasteiger partial charge in [0.15, 0.2) is 5.78 Å². The predicted molar refractivity (Wildman–Crippen MR) is 74.3 cm³/mol. The molecule has 94 valence electrons. The van der Waals surface area contributed by atoms with E-state index in [2.05, 4.69) is 22.9 Å². The molecule has 3 rings (SSSR count). The van der Waals surface area contributed by atoms with Crippen molar-refractivity contribution < 1.29 is 9.90 Å². The lowest BCUT2D eigenvalue weighted by molar-refractivity contribution is -0.118. The number of phenolic OH excluding ortho intramolecular Hbond substituents is 1. The molecule has 1 aromatic rings. The van der Waals surface area contributed by atoms with Crippen LogP contribution in [0.4, 0.5) is 0 Å². The van der Waals surface area contributed by atoms with E-state index < -0.39 is 0 Å². The third kappa shape index (κ3) is 1.72. The minimum atomic E-state index is 0.165. The van der Waals surface area contributed by atoms with Gasteiger partial charge in [-0.3, -0.25) is 4.79 Å². The number of allylic oxidation sites excluding steroid dienone is 2. The second kappa shape index (κ2) is 4.23. The number of rotatable bonds is 1. The maximum absolute atomic E-state index is 12.2. The normalized spacial score (nSPS) is 31.0. The first-order valence-corrected chi connectivity index (χ1v) is 7.10. The molecule has 0 aromatic heterocycles. The van der Waals surface area contributed by atoms with Crippen LogP contribution in [0.2, 0.25) is 0 Å². The number of Topliss-reactive ketones (excluding diaryl/α,β-unsaturated/α-hetero) is 1. The SMILES string of the molecule is CC1CC2C(=O)C(Br)=C(c3ccc(O)cc3)C2C1. The van der Waals surface area contributed by atoms with Crippen LogP contribution in [-0.2, 0) is 4.79 Å². The largest absolute Gasteiger partial charge is 0.508 e. The number of carbonyl (C=O) groups is 1. The number of hydrogen-bond donors (Lipinski definition) is 1. The molecule has 0 aliphatic heterocycles. The molecule has 18 heavy (non-hydrogen) atoms. The van der Waals surface area contributed by atoms with Crippen molar-refractivity contribution in [3.05, 3.63) is 34.3 Å². The van der Waals surface area contributed by atoms with Crippen LogP contribution in [0, 0.1) is 17.8 Å². The van der Waals surface area contributed by atoms with E-state index in [0.29, 0.717) is 11.8 Å². The number of ketones is 1. The first-order valence-electron chi connectivity index (χ1n) is 6.31. The van der Waals surface area contributed by atoms with Gasteiger partial charge in [0.1, 0.15) is 5.75 Å². The Morgan fingerprint density at radius 3 is 2.44 bits per heavy atom. The van der Waals surface area contributed by atoms with Crippen molar-refractivity contribution in [1.82, 2.24) is 0 Å². The van der Waals surface area contributed by atoms with E-state index in [1.54, 1.807) is 12.1 Å². The Bertz CT molecular complexity index is 530. The minimum Gasteiger partial charge on any atom is -0.508 e. The topological polar surface area (TPSA) is 37.3 Å². The highest BCUT2D eigenvalue weighted by atomic mass is 79.9. The molecule has 1 fully saturated rings. The van der Waals surface area contributed by atoms with Gasteiger partial charge in [-0.2, -0.15) is 0 Å². The molecular weight excluding hydrogens is 292 g/mol. The molecule has 3 heteroatoms. The summed E-state index contributed by atoms with van der Waals surface area (Å²) in [6.07, 6.45) is 2.09. The highest BCUT2D eigenvalue weighted by Gasteiger charge is 2.46. The highest BCUT2D eigenvalue weighted by Crippen LogP contribution is 2.52. The van der Waals surface area contributed by atoms with Crippen LogP contribution in [0.25, 0.3) is 5.57 Å². The molecule has 1 N–H and O–H groups in total. The van der Waals surface area contributed by atoms with Crippen molar-refractivity contribution in [2.75, 3.05) is 0 Å². The van der Waals surface area contributed by atoms with E-state index >= 15 is 0 Å². The predicted octanol–water partition coefficient (Wildman–Crippen LogP) is 3.74. The summed E-state index contributed by atoms with van der Waals surface area (Å²) in [7, 11) is 0. The molecule has 0 spiro atoms. The van der Waals surface area contributed by atoms with Crippen molar-refractivity contribution in [2.24, 2.45) is 17.8 Å². The lowest BCUT2D eigenvalue weighted by Gasteiger charge is -2.13. The first-order chi connectivity index (χ1) is 8.58. The van der Waals surface area contributed by atoms with Crippen LogP contribution in [0.15, 0.2) is 28.7 Å². The average Bonchev–Trinajstić information content (AvgIpc) is 2.81. The Morgan fingerprint density at radius 1 is 1.17 bits per heavy atom. The number of carbonyl (C=O) groups excluding carboxylic acids is 1. The zero-order chi connectivity index (χ0) is 12.9. The average molecular weight is 307 g/mol. The molecule has 0 amide bonds. The van der Waals surface area contributed by atoms with Crippen molar-refractivity contribution in [3.8, 4) is 5.75 Å². The van der Waals surface area contributed by atoms with Gasteiger partial charge in [0.25, 0.3) is 0 Å². The van der Waals surface area contributed by atoms with Crippen LogP contribution in [0.3, 0.4) is 0 Å². The zero-order valence-electron chi connectivity index (χ0n) is 10.2. The minimum absolute atomic E-state index is 0.165. The van der Waals surface area contributed by atoms with Crippen molar-refractivity contribution in [1.29, 1.82) is 0 Å². The number of phenols is 1. The zero-order valence-corrected chi connectivity index (χ0v) is 11.8. The number of fused-ring (bicyclic) bond motifs is 1. The van der Waals surface area contributed by atoms with Crippen molar-refractivity contribution in [3.63, 3.8) is 0 Å². The van der Waals surface area contributed by atoms with Crippen molar-refractivity contribution >= 4 is 27.3 Å². The number of benzene rings is 1. The fraction of sp³-hybridized carbons (Fsp3) is 0.400. The molecule has 0 radical (unpaired) electrons. The summed E-state index contributed by atoms with van der Waals surface area (Å²) in [5.41, 5.74) is 2.18. The van der Waals surface area contributed by atoms with Crippen LogP contribution >= 0.6 is 15.9 Å². The summed E-state index contributed by atoms with van der Waals surface area (Å²) in [5.74, 6) is 1.66. The summed E-state index contributed by atoms with van der Waals surface area (Å²) in [6.45, 7) is 2.22. The molecule has 1 saturated carbocycles. The van der Waals surface area contributed by atoms with Gasteiger partial charge >= 0.3 is 0 Å². The molecule has 0 heterocycles. The van der Waals surface area contributed by atoms with Gasteiger partial charge in [-0.1, -0.05) is 19.1 Å². The number of aromatic hydroxyl groups is 1. The first kappa shape index (κ1) is 12.0. The van der Waals surface area contributed by atoms with Gasteiger partial charge in [-0.15, -0.1) is 0 Å². The van der Waals surface area contributed by atoms with Crippen molar-refractivity contribution in [2.45, 2.75) is 19.8 Å². The van der Waals surface area contributed by atoms with E-state index in [9.17, 15) is 9.90 Å². The lowest BCUT2D eigenvalue weighted by atomic mass is 9.90. The second-order valence-electron chi connectivity index (χ2n) is 5.43. The van der Waals surface area contributed by atoms with Crippen LogP contribution < -0.4 is 0 Å². The van der Waals surface area contributed by atoms with Gasteiger partial charge in [0, 0.05) is 5.92 Å². The second-order valence-corrected chi connectivity index (χ2v) is 6.22. The van der Waals surface area contributed by atoms with E-state index in [0.717, 1.165) is 28.5 Å². The Hall–Kier alpha value is -1.09. The summed E-state index contributed by atoms with van der Waals surface area (Å²) in [5, 5.41) is 9.35. The Morgan fingerprint density at radius 2 is 1.78 bits per heavy atom. The fourth-order valence-electron chi connectivity index (χ4n) is 3.34. The van der Waals surface area contributed by atoms with Gasteiger partial charge in [-0.05, 0) is 63.9 Å². The third-order valence-electron chi connectivity index (χ3n) is 4.14. The van der Waals surface area contributed by atoms with Crippen LogP contribution in [0.1, 0.15) is 25.3 Å². The molecule has 3 atom stereocenters. The molecule has 2 nitrogen and oxygen atoms in total. The molecule has 0 bridgehead atoms. The van der Waals surface area contributed by atoms with Crippen LogP contribution in [-0.4, -0.2) is 10.9 Å². The van der Waals surface area contributed by atoms with Crippen LogP contribution in [0.5, 0.6) is 5.75 Å². The maximum atomic E-state index is 12.2. The fourth-order valence-corrected chi connectivity index (χ4v) is 4.16. The molecule has 2 aliphatic rings. The number of halogens is 1. The quantitative estimate of drug-likeness (QED) is 0.858. The van der Waals surface area contributed by atoms with E-state index in [4.69, 9.17) is 0 Å². The van der Waals surface area contributed by atoms with E-state index in [1.165, 1.54) is 0 Å². The van der Waals surface area contributed by atoms with Gasteiger partial charge in [0.05, 0.1) is 4.48 Å². The van der Waals surface area contributed by atoms with Gasteiger partial charge in [-0.25, -0.2) is 0 Å². The van der Waals surface area contributed by atoms with Gasteiger partial charge in [0.2, 0.25) is 0 Å². The Labute approximate surface area is 115 Å².